The van der Waals surface area contributed by atoms with E-state index in [1.54, 1.807) is 16.4 Å². The second-order valence-corrected chi connectivity index (χ2v) is 5.01. The van der Waals surface area contributed by atoms with Gasteiger partial charge >= 0.3 is 0 Å². The van der Waals surface area contributed by atoms with Gasteiger partial charge in [-0.2, -0.15) is 0 Å². The third kappa shape index (κ3) is 5.73. The summed E-state index contributed by atoms with van der Waals surface area (Å²) in [7, 11) is 1.85. The first-order chi connectivity index (χ1) is 9.36. The van der Waals surface area contributed by atoms with E-state index in [4.69, 9.17) is 0 Å². The zero-order valence-electron chi connectivity index (χ0n) is 11.3. The Labute approximate surface area is 129 Å². The summed E-state index contributed by atoms with van der Waals surface area (Å²) in [4.78, 5) is 0. The molecule has 0 saturated carbocycles. The lowest BCUT2D eigenvalue weighted by atomic mass is 10.2. The molecular weight excluding hydrogens is 294 g/mol. The third-order valence-corrected chi connectivity index (χ3v) is 3.48. The summed E-state index contributed by atoms with van der Waals surface area (Å²) in [5.41, 5.74) is 1.23. The van der Waals surface area contributed by atoms with E-state index in [1.807, 2.05) is 25.2 Å². The van der Waals surface area contributed by atoms with Gasteiger partial charge in [-0.1, -0.05) is 54.2 Å². The van der Waals surface area contributed by atoms with Gasteiger partial charge < -0.3 is 5.32 Å². The van der Waals surface area contributed by atoms with Gasteiger partial charge in [0.15, 0.2) is 0 Å². The van der Waals surface area contributed by atoms with Crippen molar-refractivity contribution in [3.05, 3.63) is 42.0 Å². The molecule has 0 unspecified atom stereocenters. The Morgan fingerprint density at radius 3 is 2.80 bits per heavy atom. The molecule has 0 aliphatic heterocycles. The number of nitrogens with one attached hydrogen (secondary N) is 1. The minimum absolute atomic E-state index is 0. The van der Waals surface area contributed by atoms with Crippen LogP contribution in [0.1, 0.15) is 5.56 Å². The molecule has 2 rings (SSSR count). The molecule has 0 amide bonds. The van der Waals surface area contributed by atoms with Gasteiger partial charge in [0, 0.05) is 25.9 Å². The maximum atomic E-state index is 3.91. The molecule has 0 saturated heterocycles. The first kappa shape index (κ1) is 16.7. The van der Waals surface area contributed by atoms with E-state index in [2.05, 4.69) is 45.1 Å². The largest absolute Gasteiger partial charge is 0.312 e. The van der Waals surface area contributed by atoms with Crippen molar-refractivity contribution in [1.82, 2.24) is 25.5 Å². The molecule has 1 N–H and O–H groups in total. The number of aromatic nitrogens is 4. The first-order valence-electron chi connectivity index (χ1n) is 6.14. The topological polar surface area (TPSA) is 55.6 Å². The van der Waals surface area contributed by atoms with Crippen molar-refractivity contribution in [2.24, 2.45) is 7.05 Å². The van der Waals surface area contributed by atoms with E-state index in [0.29, 0.717) is 0 Å². The molecule has 0 aliphatic rings. The van der Waals surface area contributed by atoms with E-state index in [9.17, 15) is 0 Å². The normalized spacial score (nSPS) is 10.7. The fourth-order valence-corrected chi connectivity index (χ4v) is 2.25. The fourth-order valence-electron chi connectivity index (χ4n) is 1.50. The van der Waals surface area contributed by atoms with Crippen molar-refractivity contribution in [1.29, 1.82) is 0 Å². The monoisotopic (exact) mass is 311 g/mol. The average Bonchev–Trinajstić information content (AvgIpc) is 2.84. The van der Waals surface area contributed by atoms with Crippen LogP contribution < -0.4 is 5.32 Å². The molecule has 5 nitrogen and oxygen atoms in total. The molecule has 20 heavy (non-hydrogen) atoms. The molecule has 0 spiro atoms. The number of benzene rings is 1. The molecule has 0 aliphatic carbocycles. The Morgan fingerprint density at radius 2 is 2.10 bits per heavy atom. The molecule has 0 radical (unpaired) electrons. The molecule has 0 atom stereocenters. The lowest BCUT2D eigenvalue weighted by molar-refractivity contribution is 0.664. The van der Waals surface area contributed by atoms with E-state index in [-0.39, 0.29) is 12.4 Å². The molecule has 0 fully saturated rings. The summed E-state index contributed by atoms with van der Waals surface area (Å²) in [6.07, 6.45) is 4.25. The van der Waals surface area contributed by atoms with Gasteiger partial charge in [0.2, 0.25) is 5.16 Å². The van der Waals surface area contributed by atoms with Gasteiger partial charge in [-0.05, 0) is 16.0 Å². The maximum Gasteiger partial charge on any atom is 0.209 e. The number of nitrogens with zero attached hydrogens (tertiary/aromatic N) is 4. The summed E-state index contributed by atoms with van der Waals surface area (Å²) in [6, 6.07) is 10.3. The van der Waals surface area contributed by atoms with Crippen LogP contribution in [0.2, 0.25) is 0 Å². The SMILES string of the molecule is Cl.Cn1nnnc1SCCNC/C=C/c1ccccc1. The molecule has 7 heteroatoms. The second kappa shape index (κ2) is 9.52. The highest BCUT2D eigenvalue weighted by Crippen LogP contribution is 2.10. The molecule has 1 heterocycles. The van der Waals surface area contributed by atoms with Crippen molar-refractivity contribution in [2.75, 3.05) is 18.8 Å². The third-order valence-electron chi connectivity index (χ3n) is 2.46. The predicted molar refractivity (Wildman–Crippen MR) is 85.1 cm³/mol. The zero-order valence-corrected chi connectivity index (χ0v) is 12.9. The summed E-state index contributed by atoms with van der Waals surface area (Å²) >= 11 is 1.65. The van der Waals surface area contributed by atoms with Gasteiger partial charge in [-0.3, -0.25) is 0 Å². The summed E-state index contributed by atoms with van der Waals surface area (Å²) in [5.74, 6) is 0.952. The molecule has 1 aromatic heterocycles. The molecule has 2 aromatic rings. The Bertz CT molecular complexity index is 514. The number of aryl methyl sites for hydroxylation is 1. The number of rotatable bonds is 7. The molecule has 108 valence electrons. The Balaban J connectivity index is 0.00000200. The number of tetrazole rings is 1. The number of thioether (sulfide) groups is 1. The van der Waals surface area contributed by atoms with Crippen LogP contribution in [0, 0.1) is 0 Å². The van der Waals surface area contributed by atoms with Crippen LogP contribution in [0.3, 0.4) is 0 Å². The van der Waals surface area contributed by atoms with E-state index in [0.717, 1.165) is 24.0 Å². The van der Waals surface area contributed by atoms with Crippen LogP contribution >= 0.6 is 24.2 Å². The number of hydrogen-bond donors (Lipinski definition) is 1. The molecule has 1 aromatic carbocycles. The highest BCUT2D eigenvalue weighted by atomic mass is 35.5. The lowest BCUT2D eigenvalue weighted by Crippen LogP contribution is -2.17. The summed E-state index contributed by atoms with van der Waals surface area (Å²) in [5, 5.41) is 15.5. The van der Waals surface area contributed by atoms with Gasteiger partial charge in [-0.15, -0.1) is 17.5 Å². The summed E-state index contributed by atoms with van der Waals surface area (Å²) < 4.78 is 1.68. The van der Waals surface area contributed by atoms with Gasteiger partial charge in [0.1, 0.15) is 0 Å². The highest BCUT2D eigenvalue weighted by molar-refractivity contribution is 7.99. The second-order valence-electron chi connectivity index (χ2n) is 3.95. The van der Waals surface area contributed by atoms with Crippen LogP contribution in [0.4, 0.5) is 0 Å². The Morgan fingerprint density at radius 1 is 1.30 bits per heavy atom. The molecule has 0 bridgehead atoms. The van der Waals surface area contributed by atoms with E-state index < -0.39 is 0 Å². The van der Waals surface area contributed by atoms with Crippen molar-refractivity contribution in [3.63, 3.8) is 0 Å². The first-order valence-corrected chi connectivity index (χ1v) is 7.12. The standard InChI is InChI=1S/C13H17N5S.ClH/c1-18-13(15-16-17-18)19-11-10-14-9-5-8-12-6-3-2-4-7-12;/h2-8,14H,9-11H2,1H3;1H/b8-5+;. The average molecular weight is 312 g/mol. The minimum atomic E-state index is 0. The number of hydrogen-bond acceptors (Lipinski definition) is 5. The van der Waals surface area contributed by atoms with Crippen molar-refractivity contribution in [3.8, 4) is 0 Å². The van der Waals surface area contributed by atoms with Gasteiger partial charge in [0.25, 0.3) is 0 Å². The van der Waals surface area contributed by atoms with Gasteiger partial charge in [0.05, 0.1) is 0 Å². The van der Waals surface area contributed by atoms with Crippen molar-refractivity contribution in [2.45, 2.75) is 5.16 Å². The smallest absolute Gasteiger partial charge is 0.209 e. The van der Waals surface area contributed by atoms with Crippen molar-refractivity contribution < 1.29 is 0 Å². The maximum absolute atomic E-state index is 3.91. The summed E-state index contributed by atoms with van der Waals surface area (Å²) in [6.45, 7) is 1.79. The van der Waals surface area contributed by atoms with E-state index in [1.165, 1.54) is 5.56 Å². The highest BCUT2D eigenvalue weighted by Gasteiger charge is 2.00. The quantitative estimate of drug-likeness (QED) is 0.626. The minimum Gasteiger partial charge on any atom is -0.312 e. The van der Waals surface area contributed by atoms with Crippen LogP contribution in [0.5, 0.6) is 0 Å². The zero-order chi connectivity index (χ0) is 13.3. The van der Waals surface area contributed by atoms with Crippen LogP contribution in [-0.4, -0.2) is 39.0 Å². The van der Waals surface area contributed by atoms with E-state index >= 15 is 0 Å². The van der Waals surface area contributed by atoms with Gasteiger partial charge in [-0.25, -0.2) is 4.68 Å². The Hall–Kier alpha value is -1.37. The number of halogens is 1. The van der Waals surface area contributed by atoms with Crippen LogP contribution in [0.15, 0.2) is 41.6 Å². The lowest BCUT2D eigenvalue weighted by Gasteiger charge is -2.00. The van der Waals surface area contributed by atoms with Crippen LogP contribution in [-0.2, 0) is 7.05 Å². The van der Waals surface area contributed by atoms with Crippen LogP contribution in [0.25, 0.3) is 6.08 Å². The molecular formula is C13H18ClN5S. The predicted octanol–water partition coefficient (Wildman–Crippen LogP) is 2.03. The fraction of sp³-hybridized carbons (Fsp3) is 0.308. The van der Waals surface area contributed by atoms with Crippen molar-refractivity contribution >= 4 is 30.2 Å². The Kier molecular flexibility index (Phi) is 7.94.